The van der Waals surface area contributed by atoms with Crippen LogP contribution in [0, 0.1) is 17.0 Å². The third-order valence-corrected chi connectivity index (χ3v) is 3.28. The number of hydrogen-bond acceptors (Lipinski definition) is 6. The molecule has 0 saturated carbocycles. The number of nitrogens with one attached hydrogen (secondary N) is 1. The van der Waals surface area contributed by atoms with Crippen molar-refractivity contribution in [3.05, 3.63) is 44.1 Å². The van der Waals surface area contributed by atoms with E-state index in [0.717, 1.165) is 0 Å². The van der Waals surface area contributed by atoms with Gasteiger partial charge in [-0.1, -0.05) is 29.3 Å². The molecule has 0 aliphatic carbocycles. The first-order valence-electron chi connectivity index (χ1n) is 5.39. The highest BCUT2D eigenvalue weighted by Crippen LogP contribution is 2.34. The van der Waals surface area contributed by atoms with Gasteiger partial charge in [-0.15, -0.1) is 0 Å². The van der Waals surface area contributed by atoms with Crippen LogP contribution < -0.4 is 11.1 Å². The minimum absolute atomic E-state index is 0.0378. The maximum Gasteiger partial charge on any atom is 0.332 e. The van der Waals surface area contributed by atoms with Gasteiger partial charge in [-0.25, -0.2) is 4.98 Å². The molecule has 3 N–H and O–H groups in total. The molecular weight excluding hydrogens is 305 g/mol. The molecule has 1 aromatic carbocycles. The molecule has 2 rings (SSSR count). The lowest BCUT2D eigenvalue weighted by Crippen LogP contribution is -2.07. The molecule has 0 aliphatic rings. The second kappa shape index (κ2) is 5.48. The van der Waals surface area contributed by atoms with Crippen molar-refractivity contribution in [3.8, 4) is 0 Å². The quantitative estimate of drug-likeness (QED) is 0.664. The second-order valence-corrected chi connectivity index (χ2v) is 4.63. The van der Waals surface area contributed by atoms with Gasteiger partial charge in [0.05, 0.1) is 20.7 Å². The number of nitrogens with zero attached hydrogens (tertiary/aromatic N) is 3. The zero-order chi connectivity index (χ0) is 14.9. The fourth-order valence-electron chi connectivity index (χ4n) is 1.62. The standard InChI is InChI=1S/C11H9Cl2N5O2/c1-5-9(18(19)20)10(17-11(14)15-5)16-7-4-2-3-6(12)8(7)13/h2-4H,1H3,(H3,14,15,16,17). The van der Waals surface area contributed by atoms with Crippen LogP contribution in [0.25, 0.3) is 0 Å². The van der Waals surface area contributed by atoms with Crippen LogP contribution in [0.2, 0.25) is 10.0 Å². The first kappa shape index (κ1) is 14.3. The molecule has 0 spiro atoms. The number of nitro groups is 1. The van der Waals surface area contributed by atoms with E-state index in [4.69, 9.17) is 28.9 Å². The van der Waals surface area contributed by atoms with E-state index >= 15 is 0 Å². The molecule has 1 heterocycles. The summed E-state index contributed by atoms with van der Waals surface area (Å²) in [7, 11) is 0. The van der Waals surface area contributed by atoms with Crippen molar-refractivity contribution >= 4 is 46.3 Å². The highest BCUT2D eigenvalue weighted by atomic mass is 35.5. The van der Waals surface area contributed by atoms with E-state index in [2.05, 4.69) is 15.3 Å². The number of aromatic nitrogens is 2. The maximum absolute atomic E-state index is 11.1. The molecule has 9 heteroatoms. The van der Waals surface area contributed by atoms with E-state index in [0.29, 0.717) is 10.7 Å². The molecule has 0 unspecified atom stereocenters. The molecule has 0 radical (unpaired) electrons. The number of nitrogens with two attached hydrogens (primary N) is 1. The fraction of sp³-hybridized carbons (Fsp3) is 0.0909. The van der Waals surface area contributed by atoms with E-state index in [9.17, 15) is 10.1 Å². The van der Waals surface area contributed by atoms with E-state index in [1.807, 2.05) is 0 Å². The molecule has 0 atom stereocenters. The Morgan fingerprint density at radius 1 is 1.35 bits per heavy atom. The molecule has 0 bridgehead atoms. The molecule has 7 nitrogen and oxygen atoms in total. The molecule has 0 fully saturated rings. The second-order valence-electron chi connectivity index (χ2n) is 3.85. The Balaban J connectivity index is 2.53. The molecule has 0 amide bonds. The highest BCUT2D eigenvalue weighted by Gasteiger charge is 2.22. The zero-order valence-electron chi connectivity index (χ0n) is 10.2. The summed E-state index contributed by atoms with van der Waals surface area (Å²) in [5, 5.41) is 14.4. The summed E-state index contributed by atoms with van der Waals surface area (Å²) in [4.78, 5) is 18.1. The maximum atomic E-state index is 11.1. The van der Waals surface area contributed by atoms with Crippen LogP contribution in [0.3, 0.4) is 0 Å². The van der Waals surface area contributed by atoms with Gasteiger partial charge in [-0.2, -0.15) is 4.98 Å². The molecule has 2 aromatic rings. The summed E-state index contributed by atoms with van der Waals surface area (Å²) in [6.45, 7) is 1.47. The van der Waals surface area contributed by atoms with Crippen LogP contribution in [0.4, 0.5) is 23.1 Å². The fourth-order valence-corrected chi connectivity index (χ4v) is 1.97. The van der Waals surface area contributed by atoms with Crippen LogP contribution in [0.1, 0.15) is 5.69 Å². The van der Waals surface area contributed by atoms with Crippen LogP contribution >= 0.6 is 23.2 Å². The summed E-state index contributed by atoms with van der Waals surface area (Å²) < 4.78 is 0. The number of benzene rings is 1. The van der Waals surface area contributed by atoms with Crippen LogP contribution in [0.15, 0.2) is 18.2 Å². The lowest BCUT2D eigenvalue weighted by atomic mass is 10.3. The van der Waals surface area contributed by atoms with Gasteiger partial charge < -0.3 is 11.1 Å². The lowest BCUT2D eigenvalue weighted by Gasteiger charge is -2.10. The van der Waals surface area contributed by atoms with Crippen molar-refractivity contribution < 1.29 is 4.92 Å². The average Bonchev–Trinajstić information content (AvgIpc) is 2.33. The monoisotopic (exact) mass is 313 g/mol. The van der Waals surface area contributed by atoms with Crippen molar-refractivity contribution in [3.63, 3.8) is 0 Å². The van der Waals surface area contributed by atoms with Gasteiger partial charge >= 0.3 is 5.69 Å². The van der Waals surface area contributed by atoms with Gasteiger partial charge in [0, 0.05) is 0 Å². The number of aryl methyl sites for hydroxylation is 1. The van der Waals surface area contributed by atoms with E-state index < -0.39 is 4.92 Å². The Hall–Kier alpha value is -2.12. The molecule has 0 saturated heterocycles. The normalized spacial score (nSPS) is 10.3. The smallest absolute Gasteiger partial charge is 0.332 e. The van der Waals surface area contributed by atoms with Crippen molar-refractivity contribution in [1.82, 2.24) is 9.97 Å². The molecule has 1 aromatic heterocycles. The van der Waals surface area contributed by atoms with E-state index in [1.165, 1.54) is 6.92 Å². The summed E-state index contributed by atoms with van der Waals surface area (Å²) in [5.74, 6) is -0.113. The molecule has 20 heavy (non-hydrogen) atoms. The van der Waals surface area contributed by atoms with E-state index in [1.54, 1.807) is 18.2 Å². The van der Waals surface area contributed by atoms with E-state index in [-0.39, 0.29) is 28.2 Å². The average molecular weight is 314 g/mol. The summed E-state index contributed by atoms with van der Waals surface area (Å²) in [6, 6.07) is 4.87. The Morgan fingerprint density at radius 3 is 2.70 bits per heavy atom. The van der Waals surface area contributed by atoms with Crippen molar-refractivity contribution in [2.75, 3.05) is 11.1 Å². The van der Waals surface area contributed by atoms with Crippen LogP contribution in [-0.4, -0.2) is 14.9 Å². The number of rotatable bonds is 3. The molecular formula is C11H9Cl2N5O2. The summed E-state index contributed by atoms with van der Waals surface area (Å²) >= 11 is 11.9. The van der Waals surface area contributed by atoms with Gasteiger partial charge in [0.15, 0.2) is 0 Å². The highest BCUT2D eigenvalue weighted by molar-refractivity contribution is 6.43. The predicted molar refractivity (Wildman–Crippen MR) is 77.6 cm³/mol. The first-order chi connectivity index (χ1) is 9.40. The van der Waals surface area contributed by atoms with Gasteiger partial charge in [-0.05, 0) is 19.1 Å². The summed E-state index contributed by atoms with van der Waals surface area (Å²) in [5.41, 5.74) is 5.78. The molecule has 0 aliphatic heterocycles. The topological polar surface area (TPSA) is 107 Å². The SMILES string of the molecule is Cc1nc(N)nc(Nc2cccc(Cl)c2Cl)c1[N+](=O)[O-]. The largest absolute Gasteiger partial charge is 0.368 e. The Morgan fingerprint density at radius 2 is 2.05 bits per heavy atom. The van der Waals surface area contributed by atoms with Gasteiger partial charge in [0.25, 0.3) is 0 Å². The number of halogens is 2. The molecule has 104 valence electrons. The Labute approximate surface area is 123 Å². The van der Waals surface area contributed by atoms with Gasteiger partial charge in [-0.3, -0.25) is 10.1 Å². The first-order valence-corrected chi connectivity index (χ1v) is 6.15. The minimum atomic E-state index is -0.588. The third kappa shape index (κ3) is 2.73. The zero-order valence-corrected chi connectivity index (χ0v) is 11.7. The Kier molecular flexibility index (Phi) is 3.91. The van der Waals surface area contributed by atoms with Crippen molar-refractivity contribution in [2.45, 2.75) is 6.92 Å². The van der Waals surface area contributed by atoms with Crippen LogP contribution in [0.5, 0.6) is 0 Å². The summed E-state index contributed by atoms with van der Waals surface area (Å²) in [6.07, 6.45) is 0. The minimum Gasteiger partial charge on any atom is -0.368 e. The third-order valence-electron chi connectivity index (χ3n) is 2.46. The number of hydrogen-bond donors (Lipinski definition) is 2. The lowest BCUT2D eigenvalue weighted by molar-refractivity contribution is -0.385. The number of anilines is 3. The van der Waals surface area contributed by atoms with Gasteiger partial charge in [0.1, 0.15) is 5.69 Å². The number of nitrogen functional groups attached to an aromatic ring is 1. The Bertz CT molecular complexity index is 693. The van der Waals surface area contributed by atoms with Crippen LogP contribution in [-0.2, 0) is 0 Å². The van der Waals surface area contributed by atoms with Gasteiger partial charge in [0.2, 0.25) is 11.8 Å². The predicted octanol–water partition coefficient (Wildman–Crippen LogP) is 3.33. The van der Waals surface area contributed by atoms with Crippen molar-refractivity contribution in [1.29, 1.82) is 0 Å². The van der Waals surface area contributed by atoms with Crippen molar-refractivity contribution in [2.24, 2.45) is 0 Å².